The number of aliphatic hydroxyl groups is 6. The molecule has 0 bridgehead atoms. The van der Waals surface area contributed by atoms with E-state index < -0.39 is 57.1 Å². The van der Waals surface area contributed by atoms with Gasteiger partial charge in [0.25, 0.3) is 0 Å². The highest BCUT2D eigenvalue weighted by molar-refractivity contribution is 5.86. The van der Waals surface area contributed by atoms with Crippen molar-refractivity contribution in [3.05, 3.63) is 47.0 Å². The van der Waals surface area contributed by atoms with Gasteiger partial charge in [-0.15, -0.1) is 0 Å². The second-order valence-electron chi connectivity index (χ2n) is 15.7. The van der Waals surface area contributed by atoms with Crippen molar-refractivity contribution in [3.63, 3.8) is 0 Å². The number of carbonyl (C=O) groups is 2. The third kappa shape index (κ3) is 3.78. The van der Waals surface area contributed by atoms with Crippen molar-refractivity contribution in [2.45, 2.75) is 113 Å². The van der Waals surface area contributed by atoms with Crippen molar-refractivity contribution in [1.82, 2.24) is 5.32 Å². The number of aldehydes is 1. The molecule has 0 radical (unpaired) electrons. The van der Waals surface area contributed by atoms with Gasteiger partial charge in [0.2, 0.25) is 0 Å². The maximum absolute atomic E-state index is 13.2. The molecule has 7 rings (SSSR count). The summed E-state index contributed by atoms with van der Waals surface area (Å²) >= 11 is 0. The van der Waals surface area contributed by atoms with Gasteiger partial charge in [-0.3, -0.25) is 0 Å². The van der Waals surface area contributed by atoms with Crippen LogP contribution in [0, 0.1) is 34.0 Å². The molecule has 46 heavy (non-hydrogen) atoms. The zero-order chi connectivity index (χ0) is 32.9. The molecule has 5 fully saturated rings. The highest BCUT2D eigenvalue weighted by atomic mass is 16.5. The van der Waals surface area contributed by atoms with Crippen LogP contribution in [0.5, 0.6) is 0 Å². The molecule has 0 saturated heterocycles. The number of esters is 1. The molecule has 12 atom stereocenters. The smallest absolute Gasteiger partial charge is 0.331 e. The normalized spacial score (nSPS) is 48.2. The lowest BCUT2D eigenvalue weighted by molar-refractivity contribution is -0.321. The third-order valence-corrected chi connectivity index (χ3v) is 14.6. The van der Waals surface area contributed by atoms with Gasteiger partial charge in [0, 0.05) is 41.2 Å². The zero-order valence-corrected chi connectivity index (χ0v) is 26.8. The fourth-order valence-corrected chi connectivity index (χ4v) is 12.3. The third-order valence-electron chi connectivity index (χ3n) is 14.6. The Balaban J connectivity index is 1.31. The van der Waals surface area contributed by atoms with Crippen LogP contribution < -0.4 is 5.32 Å². The number of fused-ring (bicyclic) bond motifs is 9. The highest BCUT2D eigenvalue weighted by Gasteiger charge is 2.83. The summed E-state index contributed by atoms with van der Waals surface area (Å²) in [5.41, 5.74) is -5.94. The van der Waals surface area contributed by atoms with Gasteiger partial charge in [-0.05, 0) is 87.5 Å². The number of likely N-dealkylation sites (N-methyl/N-ethyl adjacent to an activating group) is 1. The lowest BCUT2D eigenvalue weighted by Crippen LogP contribution is -2.78. The fraction of sp³-hybridized carbons (Fsp3) is 0.722. The summed E-state index contributed by atoms with van der Waals surface area (Å²) in [5, 5.41) is 73.3. The SMILES string of the molecule is CNC(Cc1ccccc1CO)C1CC2CC3(O)C4(O)CCC5(O)CC(O)CCC5(C=O)C4CCC3(C)C2(CO)C2=CC(=O)OC21. The summed E-state index contributed by atoms with van der Waals surface area (Å²) in [4.78, 5) is 26.1. The molecule has 1 heterocycles. The van der Waals surface area contributed by atoms with Crippen molar-refractivity contribution in [3.8, 4) is 0 Å². The molecule has 7 N–H and O–H groups in total. The predicted octanol–water partition coefficient (Wildman–Crippen LogP) is 1.31. The number of aliphatic hydroxyl groups excluding tert-OH is 3. The topological polar surface area (TPSA) is 177 Å². The fourth-order valence-electron chi connectivity index (χ4n) is 12.3. The molecule has 0 aromatic heterocycles. The molecule has 0 spiro atoms. The Labute approximate surface area is 269 Å². The highest BCUT2D eigenvalue weighted by Crippen LogP contribution is 2.78. The first-order valence-electron chi connectivity index (χ1n) is 17.0. The molecule has 6 aliphatic rings. The van der Waals surface area contributed by atoms with Gasteiger partial charge < -0.3 is 45.5 Å². The van der Waals surface area contributed by atoms with E-state index >= 15 is 0 Å². The summed E-state index contributed by atoms with van der Waals surface area (Å²) in [7, 11) is 1.86. The molecule has 5 saturated carbocycles. The lowest BCUT2D eigenvalue weighted by atomic mass is 9.38. The minimum Gasteiger partial charge on any atom is -0.454 e. The molecule has 5 aliphatic carbocycles. The monoisotopic (exact) mass is 639 g/mol. The summed E-state index contributed by atoms with van der Waals surface area (Å²) in [6, 6.07) is 7.52. The summed E-state index contributed by atoms with van der Waals surface area (Å²) < 4.78 is 6.03. The van der Waals surface area contributed by atoms with E-state index in [-0.39, 0.29) is 63.2 Å². The number of carbonyl (C=O) groups excluding carboxylic acids is 2. The Morgan fingerprint density at radius 2 is 1.78 bits per heavy atom. The van der Waals surface area contributed by atoms with Crippen LogP contribution in [0.3, 0.4) is 0 Å². The molecule has 10 heteroatoms. The van der Waals surface area contributed by atoms with Gasteiger partial charge in [-0.2, -0.15) is 0 Å². The molecule has 10 nitrogen and oxygen atoms in total. The first kappa shape index (κ1) is 32.4. The molecular weight excluding hydrogens is 590 g/mol. The molecule has 252 valence electrons. The zero-order valence-electron chi connectivity index (χ0n) is 26.8. The van der Waals surface area contributed by atoms with Crippen LogP contribution in [0.2, 0.25) is 0 Å². The number of nitrogens with one attached hydrogen (secondary N) is 1. The van der Waals surface area contributed by atoms with E-state index in [1.807, 2.05) is 38.2 Å². The van der Waals surface area contributed by atoms with E-state index in [1.165, 1.54) is 6.08 Å². The second-order valence-corrected chi connectivity index (χ2v) is 15.7. The average Bonchev–Trinajstić information content (AvgIpc) is 3.53. The maximum Gasteiger partial charge on any atom is 0.331 e. The number of hydrogen-bond acceptors (Lipinski definition) is 10. The number of hydrogen-bond donors (Lipinski definition) is 7. The Kier molecular flexibility index (Phi) is 7.50. The summed E-state index contributed by atoms with van der Waals surface area (Å²) in [6.45, 7) is 1.48. The standard InChI is InChI=1S/C36H49NO9/c1-31-9-8-28-32(19-39)10-7-24(41)17-33(32,43)11-12-35(28,44)36(31,45)16-23-14-25(30-26(15-29(42)46-30)34(23,31)20-40)27(37-2)13-21-5-3-4-6-22(21)18-38/h3-6,15,19,23-25,27-28,30,37-38,40-41,43-45H,7-14,16-18,20H2,1-2H3. The molecule has 1 aromatic carbocycles. The minimum atomic E-state index is -1.74. The van der Waals surface area contributed by atoms with Crippen molar-refractivity contribution in [1.29, 1.82) is 0 Å². The van der Waals surface area contributed by atoms with Crippen molar-refractivity contribution in [2.75, 3.05) is 13.7 Å². The molecule has 1 aliphatic heterocycles. The van der Waals surface area contributed by atoms with E-state index in [0.29, 0.717) is 37.7 Å². The Bertz CT molecular complexity index is 1450. The summed E-state index contributed by atoms with van der Waals surface area (Å²) in [6.07, 6.45) is 3.56. The van der Waals surface area contributed by atoms with Gasteiger partial charge >= 0.3 is 5.97 Å². The van der Waals surface area contributed by atoms with Gasteiger partial charge in [0.1, 0.15) is 18.0 Å². The van der Waals surface area contributed by atoms with Crippen molar-refractivity contribution < 1.29 is 45.0 Å². The van der Waals surface area contributed by atoms with Gasteiger partial charge in [0.05, 0.1) is 35.9 Å². The van der Waals surface area contributed by atoms with Crippen molar-refractivity contribution in [2.24, 2.45) is 34.0 Å². The van der Waals surface area contributed by atoms with Gasteiger partial charge in [-0.1, -0.05) is 31.2 Å². The van der Waals surface area contributed by atoms with Gasteiger partial charge in [-0.25, -0.2) is 4.79 Å². The van der Waals surface area contributed by atoms with Crippen LogP contribution in [-0.2, 0) is 27.4 Å². The predicted molar refractivity (Wildman–Crippen MR) is 166 cm³/mol. The maximum atomic E-state index is 13.2. The van der Waals surface area contributed by atoms with Crippen LogP contribution in [0.25, 0.3) is 0 Å². The Hall–Kier alpha value is -2.18. The number of ether oxygens (including phenoxy) is 1. The largest absolute Gasteiger partial charge is 0.454 e. The minimum absolute atomic E-state index is 0.0508. The first-order chi connectivity index (χ1) is 21.8. The molecule has 12 unspecified atom stereocenters. The first-order valence-corrected chi connectivity index (χ1v) is 17.0. The van der Waals surface area contributed by atoms with Crippen LogP contribution in [0.1, 0.15) is 75.8 Å². The van der Waals surface area contributed by atoms with Crippen LogP contribution >= 0.6 is 0 Å². The van der Waals surface area contributed by atoms with Crippen LogP contribution in [-0.4, -0.2) is 91.6 Å². The molecule has 1 aromatic rings. The van der Waals surface area contributed by atoms with E-state index in [4.69, 9.17) is 4.74 Å². The average molecular weight is 640 g/mol. The van der Waals surface area contributed by atoms with Crippen LogP contribution in [0.15, 0.2) is 35.9 Å². The van der Waals surface area contributed by atoms with E-state index in [1.54, 1.807) is 0 Å². The quantitative estimate of drug-likeness (QED) is 0.170. The number of benzene rings is 1. The van der Waals surface area contributed by atoms with E-state index in [2.05, 4.69) is 5.32 Å². The lowest BCUT2D eigenvalue weighted by Gasteiger charge is -2.69. The molecular formula is C36H49NO9. The van der Waals surface area contributed by atoms with E-state index in [0.717, 1.165) is 17.4 Å². The van der Waals surface area contributed by atoms with Crippen molar-refractivity contribution >= 4 is 12.3 Å². The Morgan fingerprint density at radius 3 is 2.46 bits per heavy atom. The van der Waals surface area contributed by atoms with Gasteiger partial charge in [0.15, 0.2) is 0 Å². The summed E-state index contributed by atoms with van der Waals surface area (Å²) in [5.74, 6) is -1.75. The molecule has 0 amide bonds. The van der Waals surface area contributed by atoms with E-state index in [9.17, 15) is 40.2 Å². The number of rotatable bonds is 7. The second kappa shape index (κ2) is 10.7. The van der Waals surface area contributed by atoms with Crippen LogP contribution in [0.4, 0.5) is 0 Å². The Morgan fingerprint density at radius 1 is 1.04 bits per heavy atom.